The molecule has 1 heterocycles. The second-order valence-corrected chi connectivity index (χ2v) is 10.8. The van der Waals surface area contributed by atoms with E-state index in [1.54, 1.807) is 43.3 Å². The minimum atomic E-state index is -0.809. The molecule has 212 valence electrons. The van der Waals surface area contributed by atoms with E-state index >= 15 is 0 Å². The number of nitrogens with zero attached hydrogens (tertiary/aromatic N) is 1. The highest BCUT2D eigenvalue weighted by Crippen LogP contribution is 2.45. The van der Waals surface area contributed by atoms with Gasteiger partial charge in [0.05, 0.1) is 12.6 Å². The van der Waals surface area contributed by atoms with E-state index in [0.29, 0.717) is 29.5 Å². The summed E-state index contributed by atoms with van der Waals surface area (Å²) in [6.45, 7) is 4.14. The standard InChI is InChI=1S/C32H34Cl2FNO4/c1-3-5-27(18-19-29(37)39-4-2)36-30(22-8-12-24(33)13-9-22)31(23-10-14-25(34)15-11-23)40-28(32(36)38)20-21-6-16-26(35)17-7-21/h6-17,27-28,30-31H,3-5,18-20H2,1-2H3/t27-,28+,30-,31+/m1/s1. The van der Waals surface area contributed by atoms with Crippen LogP contribution in [0.15, 0.2) is 72.8 Å². The van der Waals surface area contributed by atoms with Gasteiger partial charge in [-0.2, -0.15) is 0 Å². The zero-order chi connectivity index (χ0) is 28.6. The molecule has 4 rings (SSSR count). The Labute approximate surface area is 245 Å². The number of rotatable bonds is 11. The Morgan fingerprint density at radius 1 is 0.925 bits per heavy atom. The van der Waals surface area contributed by atoms with Crippen LogP contribution in [0.1, 0.15) is 68.4 Å². The first kappa shape index (κ1) is 30.0. The summed E-state index contributed by atoms with van der Waals surface area (Å²) in [4.78, 5) is 28.6. The quantitative estimate of drug-likeness (QED) is 0.215. The van der Waals surface area contributed by atoms with Crippen LogP contribution in [0, 0.1) is 5.82 Å². The molecule has 0 unspecified atom stereocenters. The van der Waals surface area contributed by atoms with Gasteiger partial charge in [-0.3, -0.25) is 9.59 Å². The maximum atomic E-state index is 14.3. The molecular weight excluding hydrogens is 552 g/mol. The zero-order valence-corrected chi connectivity index (χ0v) is 24.2. The highest BCUT2D eigenvalue weighted by Gasteiger charge is 2.46. The summed E-state index contributed by atoms with van der Waals surface area (Å²) in [6, 6.07) is 20.2. The van der Waals surface area contributed by atoms with Gasteiger partial charge in [0.2, 0.25) is 0 Å². The van der Waals surface area contributed by atoms with Crippen LogP contribution in [0.4, 0.5) is 4.39 Å². The van der Waals surface area contributed by atoms with Gasteiger partial charge in [-0.15, -0.1) is 0 Å². The third kappa shape index (κ3) is 7.42. The Hall–Kier alpha value is -2.93. The second kappa shape index (κ2) is 14.1. The number of morpholine rings is 1. The van der Waals surface area contributed by atoms with Crippen LogP contribution < -0.4 is 0 Å². The molecule has 40 heavy (non-hydrogen) atoms. The molecule has 1 aliphatic rings. The van der Waals surface area contributed by atoms with Crippen molar-refractivity contribution in [2.75, 3.05) is 6.61 Å². The van der Waals surface area contributed by atoms with Crippen molar-refractivity contribution < 1.29 is 23.5 Å². The number of halogens is 3. The van der Waals surface area contributed by atoms with E-state index in [9.17, 15) is 14.0 Å². The van der Waals surface area contributed by atoms with E-state index < -0.39 is 18.2 Å². The summed E-state index contributed by atoms with van der Waals surface area (Å²) in [7, 11) is 0. The second-order valence-electron chi connectivity index (χ2n) is 9.96. The summed E-state index contributed by atoms with van der Waals surface area (Å²) in [5, 5.41) is 1.18. The van der Waals surface area contributed by atoms with Gasteiger partial charge in [-0.05, 0) is 72.9 Å². The third-order valence-corrected chi connectivity index (χ3v) is 7.68. The predicted octanol–water partition coefficient (Wildman–Crippen LogP) is 7.90. The zero-order valence-electron chi connectivity index (χ0n) is 22.7. The fourth-order valence-electron chi connectivity index (χ4n) is 5.32. The van der Waals surface area contributed by atoms with Crippen molar-refractivity contribution in [1.82, 2.24) is 4.90 Å². The lowest BCUT2D eigenvalue weighted by Crippen LogP contribution is -2.55. The molecule has 1 fully saturated rings. The van der Waals surface area contributed by atoms with Gasteiger partial charge >= 0.3 is 5.97 Å². The Bertz CT molecular complexity index is 1270. The number of hydrogen-bond donors (Lipinski definition) is 0. The smallest absolute Gasteiger partial charge is 0.305 e. The summed E-state index contributed by atoms with van der Waals surface area (Å²) < 4.78 is 25.4. The van der Waals surface area contributed by atoms with Gasteiger partial charge in [0.15, 0.2) is 0 Å². The number of hydrogen-bond acceptors (Lipinski definition) is 4. The molecule has 4 atom stereocenters. The van der Waals surface area contributed by atoms with E-state index in [2.05, 4.69) is 6.92 Å². The number of carbonyl (C=O) groups is 2. The van der Waals surface area contributed by atoms with Crippen LogP contribution in [0.3, 0.4) is 0 Å². The SMILES string of the molecule is CCC[C@H](CCC(=O)OCC)N1C(=O)[C@H](Cc2ccc(F)cc2)O[C@@H](c2ccc(Cl)cc2)[C@H]1c1ccc(Cl)cc1. The highest BCUT2D eigenvalue weighted by atomic mass is 35.5. The van der Waals surface area contributed by atoms with Crippen LogP contribution in [0.2, 0.25) is 10.0 Å². The van der Waals surface area contributed by atoms with Crippen molar-refractivity contribution in [3.05, 3.63) is 105 Å². The summed E-state index contributed by atoms with van der Waals surface area (Å²) in [6.07, 6.45) is 1.12. The predicted molar refractivity (Wildman–Crippen MR) is 155 cm³/mol. The van der Waals surface area contributed by atoms with E-state index in [1.807, 2.05) is 29.2 Å². The summed E-state index contributed by atoms with van der Waals surface area (Å²) in [5.41, 5.74) is 2.53. The molecule has 0 spiro atoms. The molecule has 1 aliphatic heterocycles. The van der Waals surface area contributed by atoms with Crippen LogP contribution in [0.25, 0.3) is 0 Å². The molecule has 0 bridgehead atoms. The van der Waals surface area contributed by atoms with Crippen LogP contribution in [-0.4, -0.2) is 35.5 Å². The molecule has 0 radical (unpaired) electrons. The number of benzene rings is 3. The largest absolute Gasteiger partial charge is 0.466 e. The number of amides is 1. The molecule has 5 nitrogen and oxygen atoms in total. The first-order chi connectivity index (χ1) is 19.3. The Morgan fingerprint density at radius 3 is 2.10 bits per heavy atom. The molecule has 8 heteroatoms. The van der Waals surface area contributed by atoms with Crippen molar-refractivity contribution in [2.24, 2.45) is 0 Å². The van der Waals surface area contributed by atoms with Crippen molar-refractivity contribution in [1.29, 1.82) is 0 Å². The van der Waals surface area contributed by atoms with E-state index in [0.717, 1.165) is 23.1 Å². The molecule has 0 N–H and O–H groups in total. The lowest BCUT2D eigenvalue weighted by Gasteiger charge is -2.48. The maximum absolute atomic E-state index is 14.3. The van der Waals surface area contributed by atoms with Gasteiger partial charge in [-0.25, -0.2) is 4.39 Å². The van der Waals surface area contributed by atoms with Gasteiger partial charge in [0.1, 0.15) is 18.0 Å². The number of ether oxygens (including phenoxy) is 2. The monoisotopic (exact) mass is 585 g/mol. The average Bonchev–Trinajstić information content (AvgIpc) is 2.94. The Morgan fingerprint density at radius 2 is 1.52 bits per heavy atom. The minimum Gasteiger partial charge on any atom is -0.466 e. The third-order valence-electron chi connectivity index (χ3n) is 7.17. The summed E-state index contributed by atoms with van der Waals surface area (Å²) in [5.74, 6) is -0.800. The highest BCUT2D eigenvalue weighted by molar-refractivity contribution is 6.30. The van der Waals surface area contributed by atoms with Crippen LogP contribution >= 0.6 is 23.2 Å². The fraction of sp³-hybridized carbons (Fsp3) is 0.375. The lowest BCUT2D eigenvalue weighted by atomic mass is 9.88. The lowest BCUT2D eigenvalue weighted by molar-refractivity contribution is -0.180. The van der Waals surface area contributed by atoms with E-state index in [1.165, 1.54) is 12.1 Å². The van der Waals surface area contributed by atoms with Gasteiger partial charge < -0.3 is 14.4 Å². The molecule has 0 aromatic heterocycles. The van der Waals surface area contributed by atoms with E-state index in [-0.39, 0.29) is 36.6 Å². The van der Waals surface area contributed by atoms with Crippen molar-refractivity contribution in [3.8, 4) is 0 Å². The first-order valence-electron chi connectivity index (χ1n) is 13.7. The van der Waals surface area contributed by atoms with Crippen LogP contribution in [-0.2, 0) is 25.5 Å². The molecule has 3 aromatic rings. The Balaban J connectivity index is 1.80. The molecule has 0 saturated carbocycles. The van der Waals surface area contributed by atoms with Crippen molar-refractivity contribution >= 4 is 35.1 Å². The van der Waals surface area contributed by atoms with Gasteiger partial charge in [0, 0.05) is 28.9 Å². The van der Waals surface area contributed by atoms with Gasteiger partial charge in [-0.1, -0.05) is 72.9 Å². The van der Waals surface area contributed by atoms with Crippen molar-refractivity contribution in [2.45, 2.75) is 70.2 Å². The number of carbonyl (C=O) groups excluding carboxylic acids is 2. The molecular formula is C32H34Cl2FNO4. The molecule has 0 aliphatic carbocycles. The number of esters is 1. The first-order valence-corrected chi connectivity index (χ1v) is 14.4. The van der Waals surface area contributed by atoms with Crippen LogP contribution in [0.5, 0.6) is 0 Å². The normalized spacial score (nSPS) is 19.9. The minimum absolute atomic E-state index is 0.170. The average molecular weight is 587 g/mol. The fourth-order valence-corrected chi connectivity index (χ4v) is 5.57. The van der Waals surface area contributed by atoms with Gasteiger partial charge in [0.25, 0.3) is 5.91 Å². The molecule has 1 saturated heterocycles. The maximum Gasteiger partial charge on any atom is 0.305 e. The van der Waals surface area contributed by atoms with E-state index in [4.69, 9.17) is 32.7 Å². The topological polar surface area (TPSA) is 55.8 Å². The Kier molecular flexibility index (Phi) is 10.6. The molecule has 3 aromatic carbocycles. The summed E-state index contributed by atoms with van der Waals surface area (Å²) >= 11 is 12.4. The molecule has 1 amide bonds. The van der Waals surface area contributed by atoms with Crippen molar-refractivity contribution in [3.63, 3.8) is 0 Å².